The van der Waals surface area contributed by atoms with Crippen molar-refractivity contribution in [1.29, 1.82) is 0 Å². The standard InChI is InChI=1S/C10H17N3O/c1-7(11)8-6-12-9(13-8)10(2)4-3-5-14-10/h6-7H,3-5,11H2,1-2H3,(H,12,13). The summed E-state index contributed by atoms with van der Waals surface area (Å²) in [6, 6.07) is 0.00116. The smallest absolute Gasteiger partial charge is 0.138 e. The number of rotatable bonds is 2. The molecule has 1 aliphatic rings. The van der Waals surface area contributed by atoms with Crippen molar-refractivity contribution in [2.45, 2.75) is 38.3 Å². The second-order valence-electron chi connectivity index (χ2n) is 4.16. The second-order valence-corrected chi connectivity index (χ2v) is 4.16. The molecule has 78 valence electrons. The Balaban J connectivity index is 2.23. The van der Waals surface area contributed by atoms with Gasteiger partial charge in [0.1, 0.15) is 11.4 Å². The molecule has 0 saturated carbocycles. The van der Waals surface area contributed by atoms with Crippen LogP contribution in [0.2, 0.25) is 0 Å². The van der Waals surface area contributed by atoms with Crippen molar-refractivity contribution in [3.05, 3.63) is 17.7 Å². The Kier molecular flexibility index (Phi) is 2.33. The van der Waals surface area contributed by atoms with E-state index < -0.39 is 0 Å². The summed E-state index contributed by atoms with van der Waals surface area (Å²) in [5.74, 6) is 0.905. The zero-order valence-electron chi connectivity index (χ0n) is 8.71. The Morgan fingerprint density at radius 1 is 1.71 bits per heavy atom. The zero-order chi connectivity index (χ0) is 10.2. The third-order valence-corrected chi connectivity index (χ3v) is 2.81. The fourth-order valence-electron chi connectivity index (χ4n) is 1.80. The Bertz CT molecular complexity index is 313. The summed E-state index contributed by atoms with van der Waals surface area (Å²) in [5.41, 5.74) is 6.50. The van der Waals surface area contributed by atoms with E-state index in [4.69, 9.17) is 10.5 Å². The third kappa shape index (κ3) is 1.55. The predicted octanol–water partition coefficient (Wildman–Crippen LogP) is 1.45. The molecule has 1 saturated heterocycles. The second kappa shape index (κ2) is 3.37. The van der Waals surface area contributed by atoms with Crippen molar-refractivity contribution in [2.24, 2.45) is 5.73 Å². The van der Waals surface area contributed by atoms with Gasteiger partial charge in [0.25, 0.3) is 0 Å². The molecular weight excluding hydrogens is 178 g/mol. The van der Waals surface area contributed by atoms with Gasteiger partial charge in [-0.05, 0) is 26.7 Å². The molecule has 4 nitrogen and oxygen atoms in total. The molecule has 0 radical (unpaired) electrons. The number of H-pyrrole nitrogens is 1. The molecule has 0 bridgehead atoms. The number of nitrogens with two attached hydrogens (primary N) is 1. The van der Waals surface area contributed by atoms with Crippen LogP contribution in [0.5, 0.6) is 0 Å². The third-order valence-electron chi connectivity index (χ3n) is 2.81. The molecule has 2 rings (SSSR count). The Morgan fingerprint density at radius 3 is 3.00 bits per heavy atom. The molecule has 1 aromatic heterocycles. The van der Waals surface area contributed by atoms with Gasteiger partial charge in [-0.3, -0.25) is 0 Å². The van der Waals surface area contributed by atoms with Gasteiger partial charge < -0.3 is 15.5 Å². The minimum absolute atomic E-state index is 0.00116. The number of imidazole rings is 1. The van der Waals surface area contributed by atoms with Crippen LogP contribution in [0.4, 0.5) is 0 Å². The largest absolute Gasteiger partial charge is 0.367 e. The van der Waals surface area contributed by atoms with E-state index in [1.807, 2.05) is 6.92 Å². The maximum atomic E-state index is 5.76. The molecule has 1 aliphatic heterocycles. The molecular formula is C10H17N3O. The Morgan fingerprint density at radius 2 is 2.50 bits per heavy atom. The number of ether oxygens (including phenoxy) is 1. The van der Waals surface area contributed by atoms with E-state index in [0.29, 0.717) is 0 Å². The van der Waals surface area contributed by atoms with Crippen molar-refractivity contribution >= 4 is 0 Å². The molecule has 1 fully saturated rings. The molecule has 1 aromatic rings. The van der Waals surface area contributed by atoms with E-state index >= 15 is 0 Å². The zero-order valence-corrected chi connectivity index (χ0v) is 8.71. The number of hydrogen-bond donors (Lipinski definition) is 2. The van der Waals surface area contributed by atoms with Gasteiger partial charge in [0.2, 0.25) is 0 Å². The summed E-state index contributed by atoms with van der Waals surface area (Å²) in [4.78, 5) is 7.56. The average molecular weight is 195 g/mol. The fourth-order valence-corrected chi connectivity index (χ4v) is 1.80. The van der Waals surface area contributed by atoms with Gasteiger partial charge in [-0.2, -0.15) is 0 Å². The predicted molar refractivity (Wildman–Crippen MR) is 53.7 cm³/mol. The van der Waals surface area contributed by atoms with Crippen LogP contribution in [0.25, 0.3) is 0 Å². The monoisotopic (exact) mass is 195 g/mol. The SMILES string of the molecule is CC(N)c1cnc(C2(C)CCCO2)[nH]1. The van der Waals surface area contributed by atoms with Crippen LogP contribution < -0.4 is 5.73 Å². The number of nitrogens with zero attached hydrogens (tertiary/aromatic N) is 1. The van der Waals surface area contributed by atoms with Gasteiger partial charge >= 0.3 is 0 Å². The lowest BCUT2D eigenvalue weighted by Crippen LogP contribution is -2.21. The van der Waals surface area contributed by atoms with E-state index in [-0.39, 0.29) is 11.6 Å². The molecule has 2 unspecified atom stereocenters. The van der Waals surface area contributed by atoms with E-state index in [0.717, 1.165) is 31.0 Å². The maximum Gasteiger partial charge on any atom is 0.138 e. The molecule has 14 heavy (non-hydrogen) atoms. The first-order valence-electron chi connectivity index (χ1n) is 5.07. The maximum absolute atomic E-state index is 5.76. The summed E-state index contributed by atoms with van der Waals surface area (Å²) >= 11 is 0. The number of nitrogens with one attached hydrogen (secondary N) is 1. The summed E-state index contributed by atoms with van der Waals surface area (Å²) in [5, 5.41) is 0. The molecule has 4 heteroatoms. The van der Waals surface area contributed by atoms with Gasteiger partial charge in [-0.25, -0.2) is 4.98 Å². The highest BCUT2D eigenvalue weighted by Gasteiger charge is 2.34. The number of aromatic amines is 1. The van der Waals surface area contributed by atoms with Crippen LogP contribution in [-0.4, -0.2) is 16.6 Å². The summed E-state index contributed by atoms with van der Waals surface area (Å²) < 4.78 is 5.68. The lowest BCUT2D eigenvalue weighted by molar-refractivity contribution is 0.00993. The van der Waals surface area contributed by atoms with Crippen molar-refractivity contribution < 1.29 is 4.74 Å². The van der Waals surface area contributed by atoms with Crippen LogP contribution in [0.1, 0.15) is 44.2 Å². The van der Waals surface area contributed by atoms with Crippen LogP contribution in [-0.2, 0) is 10.3 Å². The lowest BCUT2D eigenvalue weighted by atomic mass is 10.0. The highest BCUT2D eigenvalue weighted by atomic mass is 16.5. The van der Waals surface area contributed by atoms with Crippen molar-refractivity contribution in [3.8, 4) is 0 Å². The van der Waals surface area contributed by atoms with Gasteiger partial charge in [0.15, 0.2) is 0 Å². The molecule has 0 amide bonds. The van der Waals surface area contributed by atoms with Crippen LogP contribution in [0, 0.1) is 0 Å². The Labute approximate surface area is 83.9 Å². The van der Waals surface area contributed by atoms with Crippen molar-refractivity contribution in [3.63, 3.8) is 0 Å². The first-order chi connectivity index (χ1) is 6.62. The number of hydrogen-bond acceptors (Lipinski definition) is 3. The topological polar surface area (TPSA) is 63.9 Å². The van der Waals surface area contributed by atoms with Crippen molar-refractivity contribution in [2.75, 3.05) is 6.61 Å². The summed E-state index contributed by atoms with van der Waals surface area (Å²) in [6.45, 7) is 4.84. The van der Waals surface area contributed by atoms with E-state index in [1.165, 1.54) is 0 Å². The van der Waals surface area contributed by atoms with E-state index in [1.54, 1.807) is 6.20 Å². The molecule has 2 heterocycles. The molecule has 0 aromatic carbocycles. The highest BCUT2D eigenvalue weighted by molar-refractivity contribution is 5.11. The van der Waals surface area contributed by atoms with E-state index in [2.05, 4.69) is 16.9 Å². The van der Waals surface area contributed by atoms with Crippen LogP contribution >= 0.6 is 0 Å². The first-order valence-corrected chi connectivity index (χ1v) is 5.07. The van der Waals surface area contributed by atoms with Gasteiger partial charge in [0, 0.05) is 18.8 Å². The highest BCUT2D eigenvalue weighted by Crippen LogP contribution is 2.33. The molecule has 0 spiro atoms. The fraction of sp³-hybridized carbons (Fsp3) is 0.700. The first kappa shape index (κ1) is 9.68. The number of aromatic nitrogens is 2. The molecule has 2 atom stereocenters. The van der Waals surface area contributed by atoms with Crippen LogP contribution in [0.15, 0.2) is 6.20 Å². The van der Waals surface area contributed by atoms with E-state index in [9.17, 15) is 0 Å². The molecule has 3 N–H and O–H groups in total. The molecule has 0 aliphatic carbocycles. The van der Waals surface area contributed by atoms with Crippen molar-refractivity contribution in [1.82, 2.24) is 9.97 Å². The summed E-state index contributed by atoms with van der Waals surface area (Å²) in [6.07, 6.45) is 3.93. The minimum atomic E-state index is -0.229. The van der Waals surface area contributed by atoms with Gasteiger partial charge in [-0.1, -0.05) is 0 Å². The quantitative estimate of drug-likeness (QED) is 0.750. The normalized spacial score (nSPS) is 29.4. The Hall–Kier alpha value is -0.870. The van der Waals surface area contributed by atoms with Gasteiger partial charge in [0.05, 0.1) is 5.69 Å². The average Bonchev–Trinajstić information content (AvgIpc) is 2.71. The van der Waals surface area contributed by atoms with Crippen LogP contribution in [0.3, 0.4) is 0 Å². The summed E-state index contributed by atoms with van der Waals surface area (Å²) in [7, 11) is 0. The minimum Gasteiger partial charge on any atom is -0.367 e. The van der Waals surface area contributed by atoms with Gasteiger partial charge in [-0.15, -0.1) is 0 Å². The lowest BCUT2D eigenvalue weighted by Gasteiger charge is -2.20.